The molecule has 1 heterocycles. The van der Waals surface area contributed by atoms with Gasteiger partial charge in [0, 0.05) is 17.4 Å². The molecule has 0 N–H and O–H groups in total. The number of aromatic nitrogens is 1. The van der Waals surface area contributed by atoms with E-state index in [-0.39, 0.29) is 0 Å². The highest BCUT2D eigenvalue weighted by Crippen LogP contribution is 2.35. The summed E-state index contributed by atoms with van der Waals surface area (Å²) in [5.41, 5.74) is 2.88. The molecule has 1 fully saturated rings. The van der Waals surface area contributed by atoms with Crippen molar-refractivity contribution in [3.8, 4) is 0 Å². The van der Waals surface area contributed by atoms with Crippen LogP contribution in [-0.2, 0) is 0 Å². The van der Waals surface area contributed by atoms with Crippen LogP contribution in [0.15, 0.2) is 12.1 Å². The smallest absolute Gasteiger partial charge is 0.0338 e. The maximum absolute atomic E-state index is 2.56. The fourth-order valence-electron chi connectivity index (χ4n) is 3.12. The van der Waals surface area contributed by atoms with Gasteiger partial charge in [0.2, 0.25) is 0 Å². The summed E-state index contributed by atoms with van der Waals surface area (Å²) in [7, 11) is 0. The summed E-state index contributed by atoms with van der Waals surface area (Å²) in [5, 5.41) is 0. The summed E-state index contributed by atoms with van der Waals surface area (Å²) in [6.07, 6.45) is 7.00. The molecule has 2 atom stereocenters. The quantitative estimate of drug-likeness (QED) is 0.680. The largest absolute Gasteiger partial charge is 0.346 e. The highest BCUT2D eigenvalue weighted by atomic mass is 15.0. The van der Waals surface area contributed by atoms with E-state index in [9.17, 15) is 0 Å². The molecule has 0 aromatic carbocycles. The van der Waals surface area contributed by atoms with Crippen molar-refractivity contribution in [2.75, 3.05) is 0 Å². The van der Waals surface area contributed by atoms with Gasteiger partial charge in [-0.05, 0) is 44.7 Å². The summed E-state index contributed by atoms with van der Waals surface area (Å²) in [6.45, 7) is 6.81. The van der Waals surface area contributed by atoms with E-state index < -0.39 is 0 Å². The van der Waals surface area contributed by atoms with Crippen molar-refractivity contribution < 1.29 is 0 Å². The van der Waals surface area contributed by atoms with E-state index in [0.29, 0.717) is 0 Å². The van der Waals surface area contributed by atoms with E-state index in [1.807, 2.05) is 0 Å². The second kappa shape index (κ2) is 4.42. The molecule has 1 aromatic heterocycles. The topological polar surface area (TPSA) is 4.93 Å². The van der Waals surface area contributed by atoms with Crippen LogP contribution in [0, 0.1) is 19.8 Å². The molecule has 2 unspecified atom stereocenters. The number of hydrogen-bond acceptors (Lipinski definition) is 0. The van der Waals surface area contributed by atoms with Crippen LogP contribution in [0.1, 0.15) is 56.5 Å². The lowest BCUT2D eigenvalue weighted by atomic mass is 9.84. The third-order valence-corrected chi connectivity index (χ3v) is 4.02. The average Bonchev–Trinajstić information content (AvgIpc) is 2.59. The first-order valence-electron chi connectivity index (χ1n) is 6.36. The molecule has 1 heteroatoms. The summed E-state index contributed by atoms with van der Waals surface area (Å²) in [6, 6.07) is 5.29. The van der Waals surface area contributed by atoms with Crippen molar-refractivity contribution in [2.24, 2.45) is 5.92 Å². The van der Waals surface area contributed by atoms with Crippen LogP contribution in [-0.4, -0.2) is 4.57 Å². The molecule has 0 amide bonds. The zero-order valence-corrected chi connectivity index (χ0v) is 10.3. The Labute approximate surface area is 93.5 Å². The zero-order valence-electron chi connectivity index (χ0n) is 10.3. The van der Waals surface area contributed by atoms with Crippen LogP contribution in [0.25, 0.3) is 0 Å². The van der Waals surface area contributed by atoms with E-state index in [1.54, 1.807) is 0 Å². The van der Waals surface area contributed by atoms with E-state index in [4.69, 9.17) is 0 Å². The number of hydrogen-bond donors (Lipinski definition) is 0. The Hall–Kier alpha value is -0.720. The van der Waals surface area contributed by atoms with Gasteiger partial charge in [0.25, 0.3) is 0 Å². The SMILES string of the molecule is CCC1CCCC(n2c(C)ccc2C)C1. The fraction of sp³-hybridized carbons (Fsp3) is 0.714. The molecule has 0 bridgehead atoms. The van der Waals surface area contributed by atoms with Crippen LogP contribution in [0.2, 0.25) is 0 Å². The second-order valence-electron chi connectivity index (χ2n) is 5.08. The van der Waals surface area contributed by atoms with Crippen LogP contribution >= 0.6 is 0 Å². The average molecular weight is 205 g/mol. The second-order valence-corrected chi connectivity index (χ2v) is 5.08. The third-order valence-electron chi connectivity index (χ3n) is 4.02. The fourth-order valence-corrected chi connectivity index (χ4v) is 3.12. The van der Waals surface area contributed by atoms with Gasteiger partial charge in [0.1, 0.15) is 0 Å². The molecule has 1 saturated carbocycles. The molecule has 1 aromatic rings. The molecule has 0 spiro atoms. The summed E-state index contributed by atoms with van der Waals surface area (Å²) in [4.78, 5) is 0. The Kier molecular flexibility index (Phi) is 3.18. The van der Waals surface area contributed by atoms with E-state index in [1.165, 1.54) is 43.5 Å². The highest BCUT2D eigenvalue weighted by Gasteiger charge is 2.23. The van der Waals surface area contributed by atoms with Gasteiger partial charge in [0.15, 0.2) is 0 Å². The summed E-state index contributed by atoms with van der Waals surface area (Å²) < 4.78 is 2.56. The van der Waals surface area contributed by atoms with Crippen LogP contribution < -0.4 is 0 Å². The van der Waals surface area contributed by atoms with Crippen molar-refractivity contribution in [3.05, 3.63) is 23.5 Å². The number of rotatable bonds is 2. The molecule has 2 rings (SSSR count). The Morgan fingerprint density at radius 1 is 1.20 bits per heavy atom. The Balaban J connectivity index is 2.16. The summed E-state index contributed by atoms with van der Waals surface area (Å²) >= 11 is 0. The lowest BCUT2D eigenvalue weighted by Gasteiger charge is -2.31. The minimum atomic E-state index is 0.777. The standard InChI is InChI=1S/C14H23N/c1-4-13-6-5-7-14(10-13)15-11(2)8-9-12(15)3/h8-9,13-14H,4-7,10H2,1-3H3. The van der Waals surface area contributed by atoms with Crippen LogP contribution in [0.3, 0.4) is 0 Å². The van der Waals surface area contributed by atoms with Crippen molar-refractivity contribution in [3.63, 3.8) is 0 Å². The van der Waals surface area contributed by atoms with Gasteiger partial charge < -0.3 is 4.57 Å². The predicted octanol–water partition coefficient (Wildman–Crippen LogP) is 4.25. The minimum absolute atomic E-state index is 0.777. The lowest BCUT2D eigenvalue weighted by Crippen LogP contribution is -2.20. The molecule has 1 nitrogen and oxygen atoms in total. The molecular formula is C14H23N. The molecule has 0 radical (unpaired) electrons. The van der Waals surface area contributed by atoms with Gasteiger partial charge >= 0.3 is 0 Å². The minimum Gasteiger partial charge on any atom is -0.346 e. The van der Waals surface area contributed by atoms with Crippen molar-refractivity contribution >= 4 is 0 Å². The zero-order chi connectivity index (χ0) is 10.8. The van der Waals surface area contributed by atoms with Gasteiger partial charge in [-0.3, -0.25) is 0 Å². The molecule has 0 saturated heterocycles. The van der Waals surface area contributed by atoms with E-state index in [0.717, 1.165) is 12.0 Å². The van der Waals surface area contributed by atoms with Gasteiger partial charge in [-0.15, -0.1) is 0 Å². The van der Waals surface area contributed by atoms with E-state index >= 15 is 0 Å². The predicted molar refractivity (Wildman–Crippen MR) is 65.2 cm³/mol. The van der Waals surface area contributed by atoms with E-state index in [2.05, 4.69) is 37.5 Å². The van der Waals surface area contributed by atoms with Crippen LogP contribution in [0.5, 0.6) is 0 Å². The van der Waals surface area contributed by atoms with Crippen molar-refractivity contribution in [1.82, 2.24) is 4.57 Å². The Bertz CT molecular complexity index is 305. The maximum atomic E-state index is 2.56. The van der Waals surface area contributed by atoms with Gasteiger partial charge in [-0.25, -0.2) is 0 Å². The van der Waals surface area contributed by atoms with Crippen molar-refractivity contribution in [1.29, 1.82) is 0 Å². The first kappa shape index (κ1) is 10.8. The van der Waals surface area contributed by atoms with Crippen LogP contribution in [0.4, 0.5) is 0 Å². The third kappa shape index (κ3) is 2.11. The van der Waals surface area contributed by atoms with Crippen molar-refractivity contribution in [2.45, 2.75) is 58.9 Å². The maximum Gasteiger partial charge on any atom is 0.0338 e. The van der Waals surface area contributed by atoms with Gasteiger partial charge in [0.05, 0.1) is 0 Å². The monoisotopic (exact) mass is 205 g/mol. The highest BCUT2D eigenvalue weighted by molar-refractivity contribution is 5.15. The molecule has 84 valence electrons. The summed E-state index contributed by atoms with van der Waals surface area (Å²) in [5.74, 6) is 0.963. The molecule has 1 aliphatic carbocycles. The van der Waals surface area contributed by atoms with Gasteiger partial charge in [-0.1, -0.05) is 26.2 Å². The molecule has 0 aliphatic heterocycles. The Morgan fingerprint density at radius 3 is 2.47 bits per heavy atom. The number of aryl methyl sites for hydroxylation is 2. The lowest BCUT2D eigenvalue weighted by molar-refractivity contribution is 0.257. The molecular weight excluding hydrogens is 182 g/mol. The molecule has 1 aliphatic rings. The van der Waals surface area contributed by atoms with Gasteiger partial charge in [-0.2, -0.15) is 0 Å². The normalized spacial score (nSPS) is 26.9. The Morgan fingerprint density at radius 2 is 1.87 bits per heavy atom. The molecule has 15 heavy (non-hydrogen) atoms. The number of nitrogens with zero attached hydrogens (tertiary/aromatic N) is 1. The first-order chi connectivity index (χ1) is 7.22. The first-order valence-corrected chi connectivity index (χ1v) is 6.36.